The Balaban J connectivity index is 2.33. The minimum atomic E-state index is -4.63. The number of hydrogen-bond donors (Lipinski definition) is 1. The van der Waals surface area contributed by atoms with Crippen LogP contribution in [-0.4, -0.2) is 22.1 Å². The SMILES string of the molecule is CCOc1ccc(NS(=O)(=O)c2cccc(C(F)(F)F)c2)cc1OC. The highest BCUT2D eigenvalue weighted by Gasteiger charge is 2.31. The van der Waals surface area contributed by atoms with Crippen LogP contribution in [0.1, 0.15) is 12.5 Å². The van der Waals surface area contributed by atoms with Crippen molar-refractivity contribution >= 4 is 15.7 Å². The van der Waals surface area contributed by atoms with E-state index in [1.807, 2.05) is 0 Å². The average Bonchev–Trinajstić information content (AvgIpc) is 2.55. The van der Waals surface area contributed by atoms with E-state index < -0.39 is 26.7 Å². The Morgan fingerprint density at radius 2 is 1.80 bits per heavy atom. The molecule has 0 aromatic heterocycles. The van der Waals surface area contributed by atoms with Gasteiger partial charge in [0.05, 0.1) is 29.9 Å². The first kappa shape index (κ1) is 18.9. The van der Waals surface area contributed by atoms with Crippen LogP contribution in [-0.2, 0) is 16.2 Å². The molecule has 2 aromatic rings. The molecule has 0 spiro atoms. The molecule has 0 saturated heterocycles. The van der Waals surface area contributed by atoms with Gasteiger partial charge in [-0.25, -0.2) is 8.42 Å². The van der Waals surface area contributed by atoms with Crippen molar-refractivity contribution < 1.29 is 31.1 Å². The fourth-order valence-electron chi connectivity index (χ4n) is 2.06. The summed E-state index contributed by atoms with van der Waals surface area (Å²) in [7, 11) is -2.80. The molecule has 0 aliphatic rings. The topological polar surface area (TPSA) is 64.6 Å². The Hall–Kier alpha value is -2.42. The summed E-state index contributed by atoms with van der Waals surface area (Å²) in [5, 5.41) is 0. The van der Waals surface area contributed by atoms with Crippen LogP contribution >= 0.6 is 0 Å². The van der Waals surface area contributed by atoms with E-state index in [1.165, 1.54) is 25.3 Å². The zero-order valence-electron chi connectivity index (χ0n) is 13.4. The smallest absolute Gasteiger partial charge is 0.416 e. The lowest BCUT2D eigenvalue weighted by Crippen LogP contribution is -2.14. The molecule has 0 unspecified atom stereocenters. The summed E-state index contributed by atoms with van der Waals surface area (Å²) in [6, 6.07) is 7.83. The summed E-state index contributed by atoms with van der Waals surface area (Å²) in [5.74, 6) is 0.720. The number of hydrogen-bond acceptors (Lipinski definition) is 4. The van der Waals surface area contributed by atoms with Gasteiger partial charge in [0.15, 0.2) is 11.5 Å². The predicted octanol–water partition coefficient (Wildman–Crippen LogP) is 3.91. The molecule has 2 aromatic carbocycles. The van der Waals surface area contributed by atoms with Gasteiger partial charge in [-0.3, -0.25) is 4.72 Å². The maximum atomic E-state index is 12.8. The second kappa shape index (κ2) is 7.22. The van der Waals surface area contributed by atoms with Crippen LogP contribution in [0.15, 0.2) is 47.4 Å². The van der Waals surface area contributed by atoms with Crippen molar-refractivity contribution in [2.24, 2.45) is 0 Å². The third-order valence-corrected chi connectivity index (χ3v) is 4.57. The summed E-state index contributed by atoms with van der Waals surface area (Å²) in [6.45, 7) is 2.18. The van der Waals surface area contributed by atoms with Gasteiger partial charge in [-0.15, -0.1) is 0 Å². The summed E-state index contributed by atoms with van der Waals surface area (Å²) < 4.78 is 75.6. The number of benzene rings is 2. The van der Waals surface area contributed by atoms with Crippen LogP contribution < -0.4 is 14.2 Å². The maximum Gasteiger partial charge on any atom is 0.416 e. The molecule has 5 nitrogen and oxygen atoms in total. The summed E-state index contributed by atoms with van der Waals surface area (Å²) in [5.41, 5.74) is -0.905. The van der Waals surface area contributed by atoms with Gasteiger partial charge in [0.1, 0.15) is 0 Å². The molecule has 0 saturated carbocycles. The number of sulfonamides is 1. The lowest BCUT2D eigenvalue weighted by Gasteiger charge is -2.13. The van der Waals surface area contributed by atoms with E-state index in [0.717, 1.165) is 18.2 Å². The second-order valence-corrected chi connectivity index (χ2v) is 6.61. The monoisotopic (exact) mass is 375 g/mol. The second-order valence-electron chi connectivity index (χ2n) is 4.93. The molecular formula is C16H16F3NO4S. The molecule has 0 atom stereocenters. The Bertz CT molecular complexity index is 851. The van der Waals surface area contributed by atoms with E-state index in [0.29, 0.717) is 24.2 Å². The first-order valence-corrected chi connectivity index (χ1v) is 8.66. The molecule has 0 fully saturated rings. The fraction of sp³-hybridized carbons (Fsp3) is 0.250. The van der Waals surface area contributed by atoms with Gasteiger partial charge in [0.2, 0.25) is 0 Å². The molecule has 2 rings (SSSR count). The lowest BCUT2D eigenvalue weighted by atomic mass is 10.2. The number of nitrogens with one attached hydrogen (secondary N) is 1. The zero-order valence-corrected chi connectivity index (χ0v) is 14.2. The van der Waals surface area contributed by atoms with Crippen LogP contribution in [0, 0.1) is 0 Å². The van der Waals surface area contributed by atoms with Crippen LogP contribution in [0.4, 0.5) is 18.9 Å². The van der Waals surface area contributed by atoms with Crippen molar-refractivity contribution in [3.63, 3.8) is 0 Å². The lowest BCUT2D eigenvalue weighted by molar-refractivity contribution is -0.137. The molecule has 1 N–H and O–H groups in total. The molecule has 0 heterocycles. The van der Waals surface area contributed by atoms with E-state index >= 15 is 0 Å². The van der Waals surface area contributed by atoms with Gasteiger partial charge in [-0.2, -0.15) is 13.2 Å². The predicted molar refractivity (Wildman–Crippen MR) is 86.4 cm³/mol. The van der Waals surface area contributed by atoms with Crippen molar-refractivity contribution in [2.45, 2.75) is 18.0 Å². The Morgan fingerprint density at radius 3 is 2.40 bits per heavy atom. The molecule has 25 heavy (non-hydrogen) atoms. The largest absolute Gasteiger partial charge is 0.493 e. The van der Waals surface area contributed by atoms with Crippen LogP contribution in [0.2, 0.25) is 0 Å². The van der Waals surface area contributed by atoms with Crippen molar-refractivity contribution in [1.29, 1.82) is 0 Å². The summed E-state index contributed by atoms with van der Waals surface area (Å²) in [4.78, 5) is -0.491. The van der Waals surface area contributed by atoms with Gasteiger partial charge in [-0.05, 0) is 37.3 Å². The van der Waals surface area contributed by atoms with E-state index in [9.17, 15) is 21.6 Å². The van der Waals surface area contributed by atoms with E-state index in [2.05, 4.69) is 4.72 Å². The van der Waals surface area contributed by atoms with Gasteiger partial charge in [0, 0.05) is 6.07 Å². The quantitative estimate of drug-likeness (QED) is 0.831. The molecule has 136 valence electrons. The number of halogens is 3. The molecule has 0 amide bonds. The van der Waals surface area contributed by atoms with Gasteiger partial charge in [-0.1, -0.05) is 6.07 Å². The normalized spacial score (nSPS) is 11.9. The number of alkyl halides is 3. The minimum absolute atomic E-state index is 0.137. The number of ether oxygens (including phenoxy) is 2. The van der Waals surface area contributed by atoms with E-state index in [-0.39, 0.29) is 5.69 Å². The third kappa shape index (κ3) is 4.56. The highest BCUT2D eigenvalue weighted by Crippen LogP contribution is 2.33. The summed E-state index contributed by atoms with van der Waals surface area (Å²) >= 11 is 0. The highest BCUT2D eigenvalue weighted by atomic mass is 32.2. The number of rotatable bonds is 6. The van der Waals surface area contributed by atoms with Gasteiger partial charge in [0.25, 0.3) is 10.0 Å². The number of anilines is 1. The highest BCUT2D eigenvalue weighted by molar-refractivity contribution is 7.92. The third-order valence-electron chi connectivity index (χ3n) is 3.19. The van der Waals surface area contributed by atoms with Gasteiger partial charge >= 0.3 is 6.18 Å². The first-order valence-electron chi connectivity index (χ1n) is 7.18. The Kier molecular flexibility index (Phi) is 5.46. The van der Waals surface area contributed by atoms with Crippen molar-refractivity contribution in [1.82, 2.24) is 0 Å². The van der Waals surface area contributed by atoms with Gasteiger partial charge < -0.3 is 9.47 Å². The van der Waals surface area contributed by atoms with Crippen LogP contribution in [0.5, 0.6) is 11.5 Å². The average molecular weight is 375 g/mol. The standard InChI is InChI=1S/C16H16F3NO4S/c1-3-24-14-8-7-12(10-15(14)23-2)20-25(21,22)13-6-4-5-11(9-13)16(17,18)19/h4-10,20H,3H2,1-2H3. The summed E-state index contributed by atoms with van der Waals surface area (Å²) in [6.07, 6.45) is -4.63. The minimum Gasteiger partial charge on any atom is -0.493 e. The Labute approximate surface area is 143 Å². The Morgan fingerprint density at radius 1 is 1.08 bits per heavy atom. The number of methoxy groups -OCH3 is 1. The van der Waals surface area contributed by atoms with Crippen LogP contribution in [0.3, 0.4) is 0 Å². The van der Waals surface area contributed by atoms with E-state index in [1.54, 1.807) is 6.92 Å². The molecule has 0 aliphatic heterocycles. The van der Waals surface area contributed by atoms with E-state index in [4.69, 9.17) is 9.47 Å². The zero-order chi connectivity index (χ0) is 18.7. The molecule has 0 bridgehead atoms. The molecular weight excluding hydrogens is 359 g/mol. The molecule has 0 radical (unpaired) electrons. The molecule has 9 heteroatoms. The van der Waals surface area contributed by atoms with Crippen molar-refractivity contribution in [3.05, 3.63) is 48.0 Å². The molecule has 0 aliphatic carbocycles. The van der Waals surface area contributed by atoms with Crippen molar-refractivity contribution in [3.8, 4) is 11.5 Å². The first-order chi connectivity index (χ1) is 11.7. The van der Waals surface area contributed by atoms with Crippen LogP contribution in [0.25, 0.3) is 0 Å². The van der Waals surface area contributed by atoms with Crippen molar-refractivity contribution in [2.75, 3.05) is 18.4 Å². The maximum absolute atomic E-state index is 12.8. The fourth-order valence-corrected chi connectivity index (χ4v) is 3.15.